The quantitative estimate of drug-likeness (QED) is 0.875. The molecule has 1 aromatic carbocycles. The minimum absolute atomic E-state index is 0.0671. The Hall–Kier alpha value is -2.34. The Labute approximate surface area is 134 Å². The lowest BCUT2D eigenvalue weighted by Crippen LogP contribution is -2.29. The molecule has 0 radical (unpaired) electrons. The second-order valence-electron chi connectivity index (χ2n) is 5.49. The summed E-state index contributed by atoms with van der Waals surface area (Å²) < 4.78 is 11.8. The first kappa shape index (κ1) is 15.6. The van der Waals surface area contributed by atoms with E-state index in [-0.39, 0.29) is 12.3 Å². The van der Waals surface area contributed by atoms with E-state index in [4.69, 9.17) is 9.47 Å². The van der Waals surface area contributed by atoms with Crippen LogP contribution in [0.3, 0.4) is 0 Å². The Morgan fingerprint density at radius 3 is 2.96 bits per heavy atom. The fourth-order valence-corrected chi connectivity index (χ4v) is 3.02. The van der Waals surface area contributed by atoms with Gasteiger partial charge in [0.25, 0.3) is 5.56 Å². The predicted octanol–water partition coefficient (Wildman–Crippen LogP) is 2.14. The molecule has 0 aliphatic carbocycles. The van der Waals surface area contributed by atoms with E-state index in [1.807, 2.05) is 6.07 Å². The lowest BCUT2D eigenvalue weighted by molar-refractivity contribution is 0.0526. The van der Waals surface area contributed by atoms with Crippen LogP contribution in [0.25, 0.3) is 10.9 Å². The zero-order valence-corrected chi connectivity index (χ0v) is 13.3. The van der Waals surface area contributed by atoms with Crippen molar-refractivity contribution in [3.63, 3.8) is 0 Å². The molecule has 0 fully saturated rings. The summed E-state index contributed by atoms with van der Waals surface area (Å²) in [6.07, 6.45) is 1.68. The van der Waals surface area contributed by atoms with Crippen LogP contribution in [-0.2, 0) is 22.6 Å². The minimum atomic E-state index is -0.392. The first-order chi connectivity index (χ1) is 11.2. The number of pyridine rings is 1. The number of methoxy groups -OCH3 is 1. The van der Waals surface area contributed by atoms with Gasteiger partial charge in [0.2, 0.25) is 0 Å². The maximum atomic E-state index is 12.8. The number of nitrogens with zero attached hydrogens (tertiary/aromatic N) is 1. The highest BCUT2D eigenvalue weighted by molar-refractivity contribution is 5.99. The zero-order valence-electron chi connectivity index (χ0n) is 13.3. The second kappa shape index (κ2) is 6.42. The number of ether oxygens (including phenoxy) is 2. The Morgan fingerprint density at radius 2 is 2.22 bits per heavy atom. The van der Waals surface area contributed by atoms with Crippen LogP contribution in [0.1, 0.15) is 29.3 Å². The van der Waals surface area contributed by atoms with Crippen molar-refractivity contribution in [3.8, 4) is 0 Å². The van der Waals surface area contributed by atoms with Crippen LogP contribution in [0.15, 0.2) is 23.0 Å². The predicted molar refractivity (Wildman–Crippen MR) is 88.0 cm³/mol. The fraction of sp³-hybridized carbons (Fsp3) is 0.412. The van der Waals surface area contributed by atoms with Crippen molar-refractivity contribution >= 4 is 22.6 Å². The van der Waals surface area contributed by atoms with Gasteiger partial charge in [-0.1, -0.05) is 0 Å². The Kier molecular flexibility index (Phi) is 4.34. The van der Waals surface area contributed by atoms with Gasteiger partial charge < -0.3 is 14.8 Å². The Bertz CT molecular complexity index is 810. The standard InChI is InChI=1S/C17H20N2O4/c1-3-23-17(21)11-6-7-12-14(9-11)19(10-22-2)16(20)13-5-4-8-18-15(12)13/h6-7,9,18H,3-5,8,10H2,1-2H3. The molecule has 1 N–H and O–H groups in total. The molecule has 0 saturated heterocycles. The molecule has 0 unspecified atom stereocenters. The molecule has 1 aromatic heterocycles. The first-order valence-corrected chi connectivity index (χ1v) is 7.76. The van der Waals surface area contributed by atoms with Crippen molar-refractivity contribution in [1.82, 2.24) is 4.57 Å². The molecule has 1 aliphatic heterocycles. The molecule has 3 rings (SSSR count). The fourth-order valence-electron chi connectivity index (χ4n) is 3.02. The van der Waals surface area contributed by atoms with Crippen molar-refractivity contribution in [2.24, 2.45) is 0 Å². The minimum Gasteiger partial charge on any atom is -0.462 e. The summed E-state index contributed by atoms with van der Waals surface area (Å²) >= 11 is 0. The highest BCUT2D eigenvalue weighted by Crippen LogP contribution is 2.29. The first-order valence-electron chi connectivity index (χ1n) is 7.76. The summed E-state index contributed by atoms with van der Waals surface area (Å²) in [7, 11) is 1.55. The number of aromatic nitrogens is 1. The molecule has 0 atom stereocenters. The summed E-state index contributed by atoms with van der Waals surface area (Å²) in [5, 5.41) is 4.24. The topological polar surface area (TPSA) is 69.6 Å². The van der Waals surface area contributed by atoms with Crippen molar-refractivity contribution in [3.05, 3.63) is 39.7 Å². The monoisotopic (exact) mass is 316 g/mol. The number of carbonyl (C=O) groups excluding carboxylic acids is 1. The highest BCUT2D eigenvalue weighted by Gasteiger charge is 2.20. The van der Waals surface area contributed by atoms with Gasteiger partial charge in [-0.05, 0) is 38.0 Å². The highest BCUT2D eigenvalue weighted by atomic mass is 16.5. The van der Waals surface area contributed by atoms with Gasteiger partial charge in [-0.15, -0.1) is 0 Å². The van der Waals surface area contributed by atoms with E-state index in [1.54, 1.807) is 30.7 Å². The van der Waals surface area contributed by atoms with Gasteiger partial charge in [0.1, 0.15) is 6.73 Å². The van der Waals surface area contributed by atoms with Crippen LogP contribution in [0.4, 0.5) is 5.69 Å². The summed E-state index contributed by atoms with van der Waals surface area (Å²) in [4.78, 5) is 24.7. The number of fused-ring (bicyclic) bond motifs is 3. The van der Waals surface area contributed by atoms with Gasteiger partial charge in [-0.2, -0.15) is 0 Å². The van der Waals surface area contributed by atoms with Crippen molar-refractivity contribution < 1.29 is 14.3 Å². The lowest BCUT2D eigenvalue weighted by atomic mass is 10.00. The summed E-state index contributed by atoms with van der Waals surface area (Å²) in [5.41, 5.74) is 2.70. The molecule has 0 spiro atoms. The summed E-state index contributed by atoms with van der Waals surface area (Å²) in [5.74, 6) is -0.392. The van der Waals surface area contributed by atoms with Gasteiger partial charge in [0.05, 0.1) is 23.4 Å². The zero-order chi connectivity index (χ0) is 16.4. The van der Waals surface area contributed by atoms with E-state index in [0.29, 0.717) is 17.7 Å². The third-order valence-corrected chi connectivity index (χ3v) is 4.04. The third kappa shape index (κ3) is 2.70. The normalized spacial score (nSPS) is 13.5. The molecular weight excluding hydrogens is 296 g/mol. The van der Waals surface area contributed by atoms with Crippen molar-refractivity contribution in [1.29, 1.82) is 0 Å². The largest absolute Gasteiger partial charge is 0.462 e. The molecule has 122 valence electrons. The van der Waals surface area contributed by atoms with Crippen molar-refractivity contribution in [2.45, 2.75) is 26.5 Å². The number of benzene rings is 1. The molecule has 1 aliphatic rings. The molecule has 23 heavy (non-hydrogen) atoms. The van der Waals surface area contributed by atoms with E-state index in [2.05, 4.69) is 5.32 Å². The average Bonchev–Trinajstić information content (AvgIpc) is 2.58. The van der Waals surface area contributed by atoms with Crippen molar-refractivity contribution in [2.75, 3.05) is 25.6 Å². The van der Waals surface area contributed by atoms with Crippen LogP contribution < -0.4 is 10.9 Å². The number of nitrogens with one attached hydrogen (secondary N) is 1. The molecule has 2 aromatic rings. The second-order valence-corrected chi connectivity index (χ2v) is 5.49. The van der Waals surface area contributed by atoms with Crippen LogP contribution in [-0.4, -0.2) is 30.8 Å². The maximum Gasteiger partial charge on any atom is 0.338 e. The SMILES string of the molecule is CCOC(=O)c1ccc2c3c(c(=O)n(COC)c2c1)CCCN3. The van der Waals surface area contributed by atoms with Crippen LogP contribution in [0.5, 0.6) is 0 Å². The smallest absolute Gasteiger partial charge is 0.338 e. The molecule has 0 saturated carbocycles. The number of anilines is 1. The molecule has 0 amide bonds. The van der Waals surface area contributed by atoms with E-state index in [1.165, 1.54) is 0 Å². The van der Waals surface area contributed by atoms with Gasteiger partial charge in [0.15, 0.2) is 0 Å². The lowest BCUT2D eigenvalue weighted by Gasteiger charge is -2.22. The number of rotatable bonds is 4. The summed E-state index contributed by atoms with van der Waals surface area (Å²) in [6.45, 7) is 3.07. The number of hydrogen-bond acceptors (Lipinski definition) is 5. The summed E-state index contributed by atoms with van der Waals surface area (Å²) in [6, 6.07) is 5.30. The molecule has 0 bridgehead atoms. The maximum absolute atomic E-state index is 12.8. The van der Waals surface area contributed by atoms with E-state index in [0.717, 1.165) is 36.0 Å². The van der Waals surface area contributed by atoms with Crippen LogP contribution in [0.2, 0.25) is 0 Å². The van der Waals surface area contributed by atoms with Gasteiger partial charge >= 0.3 is 5.97 Å². The molecule has 2 heterocycles. The van der Waals surface area contributed by atoms with E-state index < -0.39 is 5.97 Å². The van der Waals surface area contributed by atoms with Crippen LogP contribution in [0, 0.1) is 0 Å². The van der Waals surface area contributed by atoms with Gasteiger partial charge in [0, 0.05) is 24.6 Å². The van der Waals surface area contributed by atoms with Gasteiger partial charge in [-0.25, -0.2) is 4.79 Å². The van der Waals surface area contributed by atoms with Gasteiger partial charge in [-0.3, -0.25) is 9.36 Å². The van der Waals surface area contributed by atoms with Crippen LogP contribution >= 0.6 is 0 Å². The van der Waals surface area contributed by atoms with E-state index in [9.17, 15) is 9.59 Å². The molecular formula is C17H20N2O4. The number of carbonyl (C=O) groups is 1. The van der Waals surface area contributed by atoms with E-state index >= 15 is 0 Å². The Morgan fingerprint density at radius 1 is 1.39 bits per heavy atom. The average molecular weight is 316 g/mol. The Balaban J connectivity index is 2.26. The molecule has 6 heteroatoms. The number of hydrogen-bond donors (Lipinski definition) is 1. The third-order valence-electron chi connectivity index (χ3n) is 4.04. The molecule has 6 nitrogen and oxygen atoms in total. The number of esters is 1.